The molecule has 7 heteroatoms. The average molecular weight is 374 g/mol. The lowest BCUT2D eigenvalue weighted by molar-refractivity contribution is 0.0388. The standard InChI is InChI=1S/C19H27N5OS/c20-15-17-1-3-18(4-2-17)16-23-7-9-24(10-8-23)19(26)21-5-6-22-11-13-25-14-12-22/h1-4H,5-14,16H2,(H,21,26). The van der Waals surface area contributed by atoms with E-state index in [0.717, 1.165) is 77.2 Å². The van der Waals surface area contributed by atoms with Crippen LogP contribution in [0.25, 0.3) is 0 Å². The Hall–Kier alpha value is -1.72. The minimum atomic E-state index is 0.715. The number of hydrogen-bond acceptors (Lipinski definition) is 5. The summed E-state index contributed by atoms with van der Waals surface area (Å²) < 4.78 is 5.37. The molecule has 2 aliphatic heterocycles. The molecule has 140 valence electrons. The monoisotopic (exact) mass is 373 g/mol. The zero-order valence-electron chi connectivity index (χ0n) is 15.2. The Bertz CT molecular complexity index is 616. The third kappa shape index (κ3) is 5.64. The van der Waals surface area contributed by atoms with E-state index in [2.05, 4.69) is 26.1 Å². The maximum atomic E-state index is 8.87. The Morgan fingerprint density at radius 1 is 1.04 bits per heavy atom. The molecule has 0 amide bonds. The van der Waals surface area contributed by atoms with Crippen LogP contribution in [0.3, 0.4) is 0 Å². The largest absolute Gasteiger partial charge is 0.379 e. The molecule has 0 aliphatic carbocycles. The highest BCUT2D eigenvalue weighted by molar-refractivity contribution is 7.80. The van der Waals surface area contributed by atoms with Crippen molar-refractivity contribution >= 4 is 17.3 Å². The van der Waals surface area contributed by atoms with Gasteiger partial charge in [-0.1, -0.05) is 12.1 Å². The molecule has 0 saturated carbocycles. The highest BCUT2D eigenvalue weighted by atomic mass is 32.1. The Kier molecular flexibility index (Phi) is 7.21. The Labute approximate surface area is 161 Å². The molecule has 1 N–H and O–H groups in total. The molecular weight excluding hydrogens is 346 g/mol. The lowest BCUT2D eigenvalue weighted by atomic mass is 10.1. The molecule has 0 unspecified atom stereocenters. The van der Waals surface area contributed by atoms with Crippen LogP contribution in [0.2, 0.25) is 0 Å². The third-order valence-corrected chi connectivity index (χ3v) is 5.36. The quantitative estimate of drug-likeness (QED) is 0.769. The van der Waals surface area contributed by atoms with Gasteiger partial charge in [-0.2, -0.15) is 5.26 Å². The summed E-state index contributed by atoms with van der Waals surface area (Å²) in [5.74, 6) is 0. The highest BCUT2D eigenvalue weighted by Gasteiger charge is 2.19. The molecule has 0 radical (unpaired) electrons. The van der Waals surface area contributed by atoms with Gasteiger partial charge in [-0.15, -0.1) is 0 Å². The normalized spacial score (nSPS) is 19.1. The first-order valence-corrected chi connectivity index (χ1v) is 9.70. The van der Waals surface area contributed by atoms with Crippen molar-refractivity contribution in [3.63, 3.8) is 0 Å². The fourth-order valence-corrected chi connectivity index (χ4v) is 3.59. The van der Waals surface area contributed by atoms with Crippen LogP contribution in [0.15, 0.2) is 24.3 Å². The van der Waals surface area contributed by atoms with E-state index in [9.17, 15) is 0 Å². The van der Waals surface area contributed by atoms with E-state index < -0.39 is 0 Å². The minimum Gasteiger partial charge on any atom is -0.379 e. The van der Waals surface area contributed by atoms with Gasteiger partial charge in [0.15, 0.2) is 5.11 Å². The second kappa shape index (κ2) is 9.83. The number of benzene rings is 1. The van der Waals surface area contributed by atoms with Gasteiger partial charge in [0, 0.05) is 58.9 Å². The van der Waals surface area contributed by atoms with E-state index in [1.165, 1.54) is 5.56 Å². The number of nitrogens with zero attached hydrogens (tertiary/aromatic N) is 4. The summed E-state index contributed by atoms with van der Waals surface area (Å²) in [6, 6.07) is 10.0. The minimum absolute atomic E-state index is 0.715. The first-order valence-electron chi connectivity index (χ1n) is 9.29. The van der Waals surface area contributed by atoms with Crippen LogP contribution >= 0.6 is 12.2 Å². The van der Waals surface area contributed by atoms with Crippen LogP contribution < -0.4 is 5.32 Å². The lowest BCUT2D eigenvalue weighted by Crippen LogP contribution is -2.52. The van der Waals surface area contributed by atoms with Gasteiger partial charge in [0.25, 0.3) is 0 Å². The molecule has 2 heterocycles. The average Bonchev–Trinajstić information content (AvgIpc) is 2.70. The molecule has 2 aliphatic rings. The molecule has 1 aromatic carbocycles. The first-order chi connectivity index (χ1) is 12.7. The van der Waals surface area contributed by atoms with Gasteiger partial charge in [0.1, 0.15) is 0 Å². The number of thiocarbonyl (C=S) groups is 1. The number of nitriles is 1. The van der Waals surface area contributed by atoms with Crippen molar-refractivity contribution in [3.8, 4) is 6.07 Å². The Morgan fingerprint density at radius 3 is 2.38 bits per heavy atom. The van der Waals surface area contributed by atoms with Crippen LogP contribution in [-0.2, 0) is 11.3 Å². The van der Waals surface area contributed by atoms with Crippen LogP contribution in [0.5, 0.6) is 0 Å². The highest BCUT2D eigenvalue weighted by Crippen LogP contribution is 2.10. The summed E-state index contributed by atoms with van der Waals surface area (Å²) in [5, 5.41) is 13.1. The van der Waals surface area contributed by atoms with Crippen molar-refractivity contribution in [1.29, 1.82) is 5.26 Å². The molecule has 1 aromatic rings. The first kappa shape index (κ1) is 19.1. The van der Waals surface area contributed by atoms with Crippen molar-refractivity contribution in [2.45, 2.75) is 6.54 Å². The fourth-order valence-electron chi connectivity index (χ4n) is 3.31. The Balaban J connectivity index is 1.34. The smallest absolute Gasteiger partial charge is 0.169 e. The van der Waals surface area contributed by atoms with Crippen LogP contribution in [0.1, 0.15) is 11.1 Å². The summed E-state index contributed by atoms with van der Waals surface area (Å²) in [5.41, 5.74) is 1.97. The number of ether oxygens (including phenoxy) is 1. The summed E-state index contributed by atoms with van der Waals surface area (Å²) in [4.78, 5) is 7.12. The predicted octanol–water partition coefficient (Wildman–Crippen LogP) is 0.883. The number of nitrogens with one attached hydrogen (secondary N) is 1. The molecule has 0 atom stereocenters. The van der Waals surface area contributed by atoms with E-state index in [1.54, 1.807) is 0 Å². The maximum Gasteiger partial charge on any atom is 0.169 e. The van der Waals surface area contributed by atoms with Crippen LogP contribution in [0.4, 0.5) is 0 Å². The van der Waals surface area contributed by atoms with Crippen molar-refractivity contribution in [2.75, 3.05) is 65.6 Å². The third-order valence-electron chi connectivity index (χ3n) is 4.96. The van der Waals surface area contributed by atoms with Gasteiger partial charge in [0.05, 0.1) is 24.8 Å². The Morgan fingerprint density at radius 2 is 1.73 bits per heavy atom. The van der Waals surface area contributed by atoms with Crippen molar-refractivity contribution < 1.29 is 4.74 Å². The van der Waals surface area contributed by atoms with Gasteiger partial charge in [0.2, 0.25) is 0 Å². The number of rotatable bonds is 5. The second-order valence-electron chi connectivity index (χ2n) is 6.76. The van der Waals surface area contributed by atoms with E-state index in [1.807, 2.05) is 24.3 Å². The molecule has 0 bridgehead atoms. The van der Waals surface area contributed by atoms with Crippen LogP contribution in [0, 0.1) is 11.3 Å². The topological polar surface area (TPSA) is 54.8 Å². The lowest BCUT2D eigenvalue weighted by Gasteiger charge is -2.36. The molecule has 2 saturated heterocycles. The summed E-state index contributed by atoms with van der Waals surface area (Å²) >= 11 is 5.56. The van der Waals surface area contributed by atoms with Gasteiger partial charge >= 0.3 is 0 Å². The zero-order chi connectivity index (χ0) is 18.2. The molecule has 0 spiro atoms. The number of morpholine rings is 1. The predicted molar refractivity (Wildman–Crippen MR) is 106 cm³/mol. The van der Waals surface area contributed by atoms with Crippen molar-refractivity contribution in [2.24, 2.45) is 0 Å². The number of hydrogen-bond donors (Lipinski definition) is 1. The van der Waals surface area contributed by atoms with E-state index in [0.29, 0.717) is 5.56 Å². The van der Waals surface area contributed by atoms with E-state index >= 15 is 0 Å². The molecule has 6 nitrogen and oxygen atoms in total. The van der Waals surface area contributed by atoms with Gasteiger partial charge in [-0.25, -0.2) is 0 Å². The van der Waals surface area contributed by atoms with E-state index in [4.69, 9.17) is 22.2 Å². The van der Waals surface area contributed by atoms with Crippen molar-refractivity contribution in [3.05, 3.63) is 35.4 Å². The summed E-state index contributed by atoms with van der Waals surface area (Å²) in [7, 11) is 0. The van der Waals surface area contributed by atoms with Crippen molar-refractivity contribution in [1.82, 2.24) is 20.0 Å². The molecule has 2 fully saturated rings. The fraction of sp³-hybridized carbons (Fsp3) is 0.579. The molecule has 3 rings (SSSR count). The maximum absolute atomic E-state index is 8.87. The molecule has 26 heavy (non-hydrogen) atoms. The van der Waals surface area contributed by atoms with Gasteiger partial charge in [-0.05, 0) is 29.9 Å². The van der Waals surface area contributed by atoms with Gasteiger partial charge < -0.3 is 15.0 Å². The second-order valence-corrected chi connectivity index (χ2v) is 7.14. The zero-order valence-corrected chi connectivity index (χ0v) is 16.0. The molecule has 0 aromatic heterocycles. The summed E-state index contributed by atoms with van der Waals surface area (Å²) in [6.07, 6.45) is 0. The number of piperazine rings is 1. The van der Waals surface area contributed by atoms with E-state index in [-0.39, 0.29) is 0 Å². The molecular formula is C19H27N5OS. The summed E-state index contributed by atoms with van der Waals surface area (Å²) in [6.45, 7) is 10.5. The van der Waals surface area contributed by atoms with Gasteiger partial charge in [-0.3, -0.25) is 9.80 Å². The SMILES string of the molecule is N#Cc1ccc(CN2CCN(C(=S)NCCN3CCOCC3)CC2)cc1. The van der Waals surface area contributed by atoms with Crippen LogP contribution in [-0.4, -0.2) is 85.4 Å².